The number of anilines is 1. The first-order valence-corrected chi connectivity index (χ1v) is 15.2. The van der Waals surface area contributed by atoms with Gasteiger partial charge in [0.15, 0.2) is 6.10 Å². The highest BCUT2D eigenvalue weighted by molar-refractivity contribution is 5.87. The maximum atomic E-state index is 13.9. The molecule has 9 nitrogen and oxygen atoms in total. The number of piperazine rings is 1. The molecule has 2 fully saturated rings. The molecule has 3 aliphatic heterocycles. The molecule has 1 aliphatic carbocycles. The number of hydrogen-bond acceptors (Lipinski definition) is 8. The van der Waals surface area contributed by atoms with Gasteiger partial charge in [-0.3, -0.25) is 4.79 Å². The normalized spacial score (nSPS) is 27.0. The number of carbonyl (C=O) groups excluding carboxylic acids is 1. The molecule has 2 unspecified atom stereocenters. The molecule has 0 radical (unpaired) electrons. The van der Waals surface area contributed by atoms with Gasteiger partial charge in [-0.15, -0.1) is 0 Å². The zero-order valence-corrected chi connectivity index (χ0v) is 24.9. The first-order valence-electron chi connectivity index (χ1n) is 15.2. The lowest BCUT2D eigenvalue weighted by Gasteiger charge is -2.46. The highest BCUT2D eigenvalue weighted by Crippen LogP contribution is 2.50. The van der Waals surface area contributed by atoms with Gasteiger partial charge in [0.2, 0.25) is 5.91 Å². The Balaban J connectivity index is 1.36. The fourth-order valence-electron chi connectivity index (χ4n) is 7.34. The number of amides is 1. The largest absolute Gasteiger partial charge is 0.462 e. The maximum Gasteiger partial charge on any atom is 0.418 e. The average molecular weight is 611 g/mol. The summed E-state index contributed by atoms with van der Waals surface area (Å²) in [4.78, 5) is 28.3. The third kappa shape index (κ3) is 5.63. The predicted octanol–water partition coefficient (Wildman–Crippen LogP) is 4.13. The molecular formula is C32H37F3N6O3. The van der Waals surface area contributed by atoms with Gasteiger partial charge in [0.1, 0.15) is 12.4 Å². The van der Waals surface area contributed by atoms with E-state index in [0.717, 1.165) is 30.6 Å². The molecule has 1 amide bonds. The summed E-state index contributed by atoms with van der Waals surface area (Å²) in [5.41, 5.74) is 1.81. The lowest BCUT2D eigenvalue weighted by Crippen LogP contribution is -2.55. The van der Waals surface area contributed by atoms with Gasteiger partial charge in [-0.1, -0.05) is 30.8 Å². The first-order chi connectivity index (χ1) is 21.1. The summed E-state index contributed by atoms with van der Waals surface area (Å²) in [6, 6.07) is 9.05. The van der Waals surface area contributed by atoms with Crippen LogP contribution >= 0.6 is 0 Å². The second-order valence-corrected chi connectivity index (χ2v) is 12.3. The molecule has 1 spiro atoms. The van der Waals surface area contributed by atoms with Crippen LogP contribution in [0.5, 0.6) is 6.01 Å². The number of alkyl halides is 3. The van der Waals surface area contributed by atoms with Crippen molar-refractivity contribution in [2.45, 2.75) is 68.3 Å². The molecule has 1 aromatic carbocycles. The summed E-state index contributed by atoms with van der Waals surface area (Å²) in [7, 11) is 2.07. The van der Waals surface area contributed by atoms with E-state index < -0.39 is 17.7 Å². The van der Waals surface area contributed by atoms with Crippen LogP contribution in [0.2, 0.25) is 0 Å². The van der Waals surface area contributed by atoms with Gasteiger partial charge >= 0.3 is 12.2 Å². The van der Waals surface area contributed by atoms with Gasteiger partial charge < -0.3 is 24.2 Å². The summed E-state index contributed by atoms with van der Waals surface area (Å²) in [6.07, 6.45) is -1.43. The van der Waals surface area contributed by atoms with Crippen molar-refractivity contribution >= 4 is 11.7 Å². The van der Waals surface area contributed by atoms with E-state index in [2.05, 4.69) is 29.5 Å². The van der Waals surface area contributed by atoms with E-state index in [1.54, 1.807) is 23.1 Å². The molecule has 0 saturated carbocycles. The topological polar surface area (TPSA) is 94.8 Å². The minimum Gasteiger partial charge on any atom is -0.462 e. The molecule has 4 aliphatic rings. The number of fused-ring (bicyclic) bond motifs is 3. The van der Waals surface area contributed by atoms with E-state index in [1.165, 1.54) is 12.1 Å². The number of ether oxygens (including phenoxy) is 2. The smallest absolute Gasteiger partial charge is 0.418 e. The Morgan fingerprint density at radius 1 is 1.25 bits per heavy atom. The van der Waals surface area contributed by atoms with Gasteiger partial charge in [0, 0.05) is 43.1 Å². The minimum atomic E-state index is -4.51. The molecule has 2 saturated heterocycles. The van der Waals surface area contributed by atoms with Gasteiger partial charge in [0.25, 0.3) is 0 Å². The number of halogens is 3. The van der Waals surface area contributed by atoms with Crippen LogP contribution in [0.25, 0.3) is 0 Å². The van der Waals surface area contributed by atoms with Crippen molar-refractivity contribution in [2.75, 3.05) is 51.3 Å². The van der Waals surface area contributed by atoms with Gasteiger partial charge in [0.05, 0.1) is 30.8 Å². The number of nitriles is 1. The number of likely N-dealkylation sites (N-methyl/N-ethyl adjacent to an activating group) is 1. The molecule has 1 aromatic heterocycles. The van der Waals surface area contributed by atoms with Gasteiger partial charge in [-0.25, -0.2) is 0 Å². The number of aromatic nitrogens is 2. The van der Waals surface area contributed by atoms with Crippen molar-refractivity contribution in [1.82, 2.24) is 19.8 Å². The highest BCUT2D eigenvalue weighted by Gasteiger charge is 2.51. The van der Waals surface area contributed by atoms with Crippen LogP contribution in [-0.4, -0.2) is 90.4 Å². The first kappa shape index (κ1) is 30.3. The summed E-state index contributed by atoms with van der Waals surface area (Å²) in [5.74, 6) is 0.487. The van der Waals surface area contributed by atoms with Crippen molar-refractivity contribution in [3.05, 3.63) is 59.3 Å². The summed E-state index contributed by atoms with van der Waals surface area (Å²) >= 11 is 0. The van der Waals surface area contributed by atoms with Crippen molar-refractivity contribution in [2.24, 2.45) is 0 Å². The highest BCUT2D eigenvalue weighted by atomic mass is 19.4. The summed E-state index contributed by atoms with van der Waals surface area (Å²) in [5, 5.41) is 9.50. The molecule has 4 heterocycles. The Morgan fingerprint density at radius 3 is 2.80 bits per heavy atom. The SMILES string of the molecule is C=CC(=O)N1CCN(c2nc(OC[C@@H]3CCCN3C)nc3c2CCC2(COC(C(F)(F)F)c4ccccc42)C3)C[C@@H]1CC#N. The van der Waals surface area contributed by atoms with Crippen molar-refractivity contribution in [1.29, 1.82) is 5.26 Å². The van der Waals surface area contributed by atoms with E-state index in [0.29, 0.717) is 56.9 Å². The molecule has 0 bridgehead atoms. The maximum absolute atomic E-state index is 13.9. The van der Waals surface area contributed by atoms with E-state index >= 15 is 0 Å². The number of rotatable bonds is 6. The molecule has 2 aromatic rings. The van der Waals surface area contributed by atoms with Crippen molar-refractivity contribution in [3.8, 4) is 12.1 Å². The molecule has 12 heteroatoms. The molecule has 234 valence electrons. The van der Waals surface area contributed by atoms with E-state index in [1.807, 2.05) is 0 Å². The summed E-state index contributed by atoms with van der Waals surface area (Å²) in [6.45, 7) is 6.28. The van der Waals surface area contributed by atoms with Crippen molar-refractivity contribution < 1.29 is 27.4 Å². The monoisotopic (exact) mass is 610 g/mol. The van der Waals surface area contributed by atoms with Gasteiger partial charge in [-0.05, 0) is 56.5 Å². The second kappa shape index (κ2) is 12.0. The van der Waals surface area contributed by atoms with Crippen LogP contribution in [0, 0.1) is 11.3 Å². The zero-order chi connectivity index (χ0) is 31.1. The Labute approximate surface area is 255 Å². The molecule has 4 atom stereocenters. The van der Waals surface area contributed by atoms with Crippen LogP contribution in [0.4, 0.5) is 19.0 Å². The Bertz CT molecular complexity index is 1460. The fourth-order valence-corrected chi connectivity index (χ4v) is 7.34. The third-order valence-electron chi connectivity index (χ3n) is 9.69. The van der Waals surface area contributed by atoms with Crippen LogP contribution in [0.1, 0.15) is 54.2 Å². The fraction of sp³-hybridized carbons (Fsp3) is 0.562. The molecular weight excluding hydrogens is 573 g/mol. The lowest BCUT2D eigenvalue weighted by molar-refractivity contribution is -0.233. The number of hydrogen-bond donors (Lipinski definition) is 0. The summed E-state index contributed by atoms with van der Waals surface area (Å²) < 4.78 is 53.6. The molecule has 0 N–H and O–H groups in total. The number of benzene rings is 1. The number of nitrogens with zero attached hydrogens (tertiary/aromatic N) is 6. The van der Waals surface area contributed by atoms with Crippen LogP contribution in [0.15, 0.2) is 36.9 Å². The molecule has 6 rings (SSSR count). The molecule has 44 heavy (non-hydrogen) atoms. The van der Waals surface area contributed by atoms with E-state index in [4.69, 9.17) is 19.4 Å². The quantitative estimate of drug-likeness (QED) is 0.451. The van der Waals surface area contributed by atoms with E-state index in [9.17, 15) is 23.2 Å². The average Bonchev–Trinajstić information content (AvgIpc) is 3.43. The number of carbonyl (C=O) groups is 1. The Hall–Kier alpha value is -3.69. The standard InChI is InChI=1S/C32H37F3N6O3/c1-3-27(42)41-16-15-40(18-21(41)11-13-36)29-24-10-12-31(20-44-28(32(33,34)35)23-8-4-5-9-25(23)31)17-26(24)37-30(38-29)43-19-22-7-6-14-39(22)2/h3-5,8-9,21-22,28H,1,6-7,10-12,14-20H2,2H3/t21-,22-,28?,31?/m0/s1. The number of likely N-dealkylation sites (tertiary alicyclic amines) is 1. The third-order valence-corrected chi connectivity index (χ3v) is 9.69. The van der Waals surface area contributed by atoms with Crippen LogP contribution in [0.3, 0.4) is 0 Å². The van der Waals surface area contributed by atoms with Crippen LogP contribution in [-0.2, 0) is 27.8 Å². The predicted molar refractivity (Wildman–Crippen MR) is 156 cm³/mol. The zero-order valence-electron chi connectivity index (χ0n) is 24.9. The minimum absolute atomic E-state index is 0.0669. The lowest BCUT2D eigenvalue weighted by atomic mass is 9.66. The van der Waals surface area contributed by atoms with Crippen molar-refractivity contribution in [3.63, 3.8) is 0 Å². The van der Waals surface area contributed by atoms with Gasteiger partial charge in [-0.2, -0.15) is 28.4 Å². The Morgan fingerprint density at radius 2 is 2.07 bits per heavy atom. The van der Waals surface area contributed by atoms with Crippen LogP contribution < -0.4 is 9.64 Å². The second-order valence-electron chi connectivity index (χ2n) is 12.3. The Kier molecular flexibility index (Phi) is 8.28. The van der Waals surface area contributed by atoms with E-state index in [-0.39, 0.29) is 42.6 Å².